The molecule has 0 unspecified atom stereocenters. The molecule has 0 saturated heterocycles. The molecule has 1 rings (SSSR count). The van der Waals surface area contributed by atoms with E-state index in [1.807, 2.05) is 13.2 Å². The first-order chi connectivity index (χ1) is 9.10. The molecule has 0 atom stereocenters. The fourth-order valence-corrected chi connectivity index (χ4v) is 2.00. The fraction of sp³-hybridized carbons (Fsp3) is 0.636. The highest BCUT2D eigenvalue weighted by Crippen LogP contribution is 2.26. The summed E-state index contributed by atoms with van der Waals surface area (Å²) in [6.07, 6.45) is 2.96. The third-order valence-electron chi connectivity index (χ3n) is 2.39. The fourth-order valence-electron chi connectivity index (χ4n) is 1.57. The van der Waals surface area contributed by atoms with E-state index < -0.39 is 4.92 Å². The number of aromatic nitrogens is 2. The maximum Gasteiger partial charge on any atom is 0.332 e. The lowest BCUT2D eigenvalue weighted by Gasteiger charge is -2.09. The second-order valence-electron chi connectivity index (χ2n) is 3.89. The average molecular weight is 285 g/mol. The molecule has 0 aromatic carbocycles. The van der Waals surface area contributed by atoms with E-state index >= 15 is 0 Å². The van der Waals surface area contributed by atoms with E-state index in [0.29, 0.717) is 24.7 Å². The van der Waals surface area contributed by atoms with E-state index in [9.17, 15) is 10.1 Å². The molecular formula is C11H19N5O2S. The number of nitrogens with zero attached hydrogens (tertiary/aromatic N) is 3. The predicted octanol–water partition coefficient (Wildman–Crippen LogP) is 2.29. The Bertz CT molecular complexity index is 441. The topological polar surface area (TPSA) is 93.0 Å². The van der Waals surface area contributed by atoms with Crippen molar-refractivity contribution < 1.29 is 4.92 Å². The summed E-state index contributed by atoms with van der Waals surface area (Å²) in [5.41, 5.74) is 0.314. The zero-order chi connectivity index (χ0) is 14.3. The van der Waals surface area contributed by atoms with Crippen LogP contribution in [0.3, 0.4) is 0 Å². The van der Waals surface area contributed by atoms with Crippen LogP contribution >= 0.6 is 11.8 Å². The first kappa shape index (κ1) is 15.5. The standard InChI is InChI=1S/C11H19N5O2S/c1-4-12-11-14-8(2)9(16(17)18)10(15-11)13-6-5-7-19-3/h4-7H2,1-3H3,(H2,12,13,14,15). The van der Waals surface area contributed by atoms with Gasteiger partial charge < -0.3 is 10.6 Å². The predicted molar refractivity (Wildman–Crippen MR) is 79.1 cm³/mol. The van der Waals surface area contributed by atoms with Crippen LogP contribution in [0.4, 0.5) is 17.5 Å². The summed E-state index contributed by atoms with van der Waals surface area (Å²) in [6, 6.07) is 0. The highest BCUT2D eigenvalue weighted by molar-refractivity contribution is 7.98. The molecule has 2 N–H and O–H groups in total. The highest BCUT2D eigenvalue weighted by Gasteiger charge is 2.21. The number of hydrogen-bond acceptors (Lipinski definition) is 7. The molecule has 1 aromatic heterocycles. The van der Waals surface area contributed by atoms with Crippen LogP contribution in [0.1, 0.15) is 19.0 Å². The Kier molecular flexibility index (Phi) is 6.34. The van der Waals surface area contributed by atoms with Crippen LogP contribution in [0.25, 0.3) is 0 Å². The number of rotatable bonds is 8. The zero-order valence-corrected chi connectivity index (χ0v) is 12.2. The van der Waals surface area contributed by atoms with E-state index in [4.69, 9.17) is 0 Å². The van der Waals surface area contributed by atoms with E-state index in [-0.39, 0.29) is 11.5 Å². The summed E-state index contributed by atoms with van der Waals surface area (Å²) in [5.74, 6) is 1.71. The van der Waals surface area contributed by atoms with Gasteiger partial charge >= 0.3 is 5.69 Å². The third kappa shape index (κ3) is 4.55. The molecule has 19 heavy (non-hydrogen) atoms. The monoisotopic (exact) mass is 285 g/mol. The number of anilines is 2. The molecule has 0 bridgehead atoms. The van der Waals surface area contributed by atoms with Gasteiger partial charge in [-0.1, -0.05) is 0 Å². The van der Waals surface area contributed by atoms with Gasteiger partial charge in [0.15, 0.2) is 0 Å². The van der Waals surface area contributed by atoms with E-state index in [1.165, 1.54) is 0 Å². The Labute approximate surface area is 116 Å². The molecule has 0 aliphatic carbocycles. The Hall–Kier alpha value is -1.57. The molecule has 0 saturated carbocycles. The average Bonchev–Trinajstić information content (AvgIpc) is 2.34. The summed E-state index contributed by atoms with van der Waals surface area (Å²) in [5, 5.41) is 17.1. The lowest BCUT2D eigenvalue weighted by Crippen LogP contribution is -2.12. The molecule has 7 nitrogen and oxygen atoms in total. The number of nitro groups is 1. The van der Waals surface area contributed by atoms with E-state index in [0.717, 1.165) is 12.2 Å². The summed E-state index contributed by atoms with van der Waals surface area (Å²) < 4.78 is 0. The SMILES string of the molecule is CCNc1nc(C)c([N+](=O)[O-])c(NCCCSC)n1. The Morgan fingerprint density at radius 3 is 2.68 bits per heavy atom. The maximum absolute atomic E-state index is 11.1. The van der Waals surface area contributed by atoms with Crippen molar-refractivity contribution in [3.63, 3.8) is 0 Å². The van der Waals surface area contributed by atoms with Gasteiger partial charge in [-0.05, 0) is 32.3 Å². The van der Waals surface area contributed by atoms with E-state index in [2.05, 4.69) is 20.6 Å². The minimum absolute atomic E-state index is 0.0502. The van der Waals surface area contributed by atoms with Crippen LogP contribution in [0.2, 0.25) is 0 Å². The number of hydrogen-bond donors (Lipinski definition) is 2. The number of aryl methyl sites for hydroxylation is 1. The molecule has 0 aliphatic heterocycles. The summed E-state index contributed by atoms with van der Waals surface area (Å²) >= 11 is 1.74. The second-order valence-corrected chi connectivity index (χ2v) is 4.88. The van der Waals surface area contributed by atoms with Gasteiger partial charge in [0.2, 0.25) is 11.8 Å². The van der Waals surface area contributed by atoms with Crippen molar-refractivity contribution in [2.45, 2.75) is 20.3 Å². The minimum Gasteiger partial charge on any atom is -0.364 e. The van der Waals surface area contributed by atoms with Gasteiger partial charge in [0.1, 0.15) is 5.69 Å². The number of nitrogens with one attached hydrogen (secondary N) is 2. The van der Waals surface area contributed by atoms with Crippen LogP contribution in [0, 0.1) is 17.0 Å². The minimum atomic E-state index is -0.442. The first-order valence-electron chi connectivity index (χ1n) is 6.09. The summed E-state index contributed by atoms with van der Waals surface area (Å²) in [4.78, 5) is 18.9. The largest absolute Gasteiger partial charge is 0.364 e. The Morgan fingerprint density at radius 1 is 1.37 bits per heavy atom. The third-order valence-corrected chi connectivity index (χ3v) is 3.09. The lowest BCUT2D eigenvalue weighted by atomic mass is 10.3. The van der Waals surface area contributed by atoms with Gasteiger partial charge in [-0.2, -0.15) is 16.7 Å². The van der Waals surface area contributed by atoms with Crippen molar-refractivity contribution in [1.29, 1.82) is 0 Å². The van der Waals surface area contributed by atoms with Crippen LogP contribution in [-0.4, -0.2) is 40.0 Å². The van der Waals surface area contributed by atoms with Crippen molar-refractivity contribution >= 4 is 29.2 Å². The quantitative estimate of drug-likeness (QED) is 0.430. The Balaban J connectivity index is 2.92. The first-order valence-corrected chi connectivity index (χ1v) is 7.49. The number of thioether (sulfide) groups is 1. The molecule has 0 spiro atoms. The molecule has 106 valence electrons. The van der Waals surface area contributed by atoms with Gasteiger partial charge in [0.25, 0.3) is 0 Å². The molecule has 0 amide bonds. The van der Waals surface area contributed by atoms with Crippen molar-refractivity contribution in [3.8, 4) is 0 Å². The molecule has 0 aliphatic rings. The second kappa shape index (κ2) is 7.78. The summed E-state index contributed by atoms with van der Waals surface area (Å²) in [6.45, 7) is 4.87. The maximum atomic E-state index is 11.1. The van der Waals surface area contributed by atoms with Crippen LogP contribution in [-0.2, 0) is 0 Å². The zero-order valence-electron chi connectivity index (χ0n) is 11.4. The van der Waals surface area contributed by atoms with Crippen molar-refractivity contribution in [2.24, 2.45) is 0 Å². The van der Waals surface area contributed by atoms with Gasteiger partial charge in [0, 0.05) is 13.1 Å². The van der Waals surface area contributed by atoms with Crippen LogP contribution in [0.5, 0.6) is 0 Å². The van der Waals surface area contributed by atoms with Gasteiger partial charge in [-0.3, -0.25) is 10.1 Å². The molecule has 8 heteroatoms. The van der Waals surface area contributed by atoms with Crippen molar-refractivity contribution in [2.75, 3.05) is 35.7 Å². The normalized spacial score (nSPS) is 10.3. The van der Waals surface area contributed by atoms with Crippen molar-refractivity contribution in [1.82, 2.24) is 9.97 Å². The molecule has 1 aromatic rings. The van der Waals surface area contributed by atoms with Gasteiger partial charge in [-0.15, -0.1) is 0 Å². The highest BCUT2D eigenvalue weighted by atomic mass is 32.2. The smallest absolute Gasteiger partial charge is 0.332 e. The van der Waals surface area contributed by atoms with Crippen LogP contribution < -0.4 is 10.6 Å². The van der Waals surface area contributed by atoms with Gasteiger partial charge in [0.05, 0.1) is 4.92 Å². The van der Waals surface area contributed by atoms with Crippen LogP contribution in [0.15, 0.2) is 0 Å². The van der Waals surface area contributed by atoms with E-state index in [1.54, 1.807) is 18.7 Å². The molecular weight excluding hydrogens is 266 g/mol. The van der Waals surface area contributed by atoms with Gasteiger partial charge in [-0.25, -0.2) is 4.98 Å². The summed E-state index contributed by atoms with van der Waals surface area (Å²) in [7, 11) is 0. The Morgan fingerprint density at radius 2 is 2.11 bits per heavy atom. The molecule has 1 heterocycles. The van der Waals surface area contributed by atoms with Crippen molar-refractivity contribution in [3.05, 3.63) is 15.8 Å². The molecule has 0 radical (unpaired) electrons. The lowest BCUT2D eigenvalue weighted by molar-refractivity contribution is -0.385. The molecule has 0 fully saturated rings.